The second-order valence-electron chi connectivity index (χ2n) is 2.42. The first-order valence-corrected chi connectivity index (χ1v) is 3.95. The molecule has 0 aliphatic heterocycles. The molecule has 0 atom stereocenters. The van der Waals surface area contributed by atoms with E-state index < -0.39 is 0 Å². The number of nitrogens with zero attached hydrogens (tertiary/aromatic N) is 4. The van der Waals surface area contributed by atoms with Crippen LogP contribution in [0.3, 0.4) is 0 Å². The number of hydrogen-bond donors (Lipinski definition) is 0. The van der Waals surface area contributed by atoms with Crippen LogP contribution in [-0.2, 0) is 12.6 Å². The van der Waals surface area contributed by atoms with E-state index in [0.717, 1.165) is 0 Å². The quantitative estimate of drug-likeness (QED) is 0.390. The van der Waals surface area contributed by atoms with Gasteiger partial charge >= 0.3 is 29.6 Å². The summed E-state index contributed by atoms with van der Waals surface area (Å²) in [5.41, 5.74) is 8.51. The van der Waals surface area contributed by atoms with E-state index >= 15 is 0 Å². The van der Waals surface area contributed by atoms with Crippen molar-refractivity contribution in [3.05, 3.63) is 30.0 Å². The van der Waals surface area contributed by atoms with Crippen molar-refractivity contribution in [1.82, 2.24) is 20.2 Å². The first kappa shape index (κ1) is 15.8. The maximum Gasteiger partial charge on any atom is 1.00 e. The third kappa shape index (κ3) is 3.92. The van der Waals surface area contributed by atoms with Crippen LogP contribution in [-0.4, -0.2) is 20.2 Å². The number of rotatable bonds is 1. The van der Waals surface area contributed by atoms with Gasteiger partial charge in [-0.3, -0.25) is 0 Å². The standard InChI is InChI=1S/C7H6N5S.Ac.Na/c8-5-2-1-3-6(4-5)12-7(13)9-10-11-12;;/h1-4,8H,(H,9,11,13);;/q-1;;+1/p-1. The van der Waals surface area contributed by atoms with Crippen molar-refractivity contribution >= 4 is 18.3 Å². The van der Waals surface area contributed by atoms with E-state index in [9.17, 15) is 0 Å². The van der Waals surface area contributed by atoms with Gasteiger partial charge in [-0.05, 0) is 16.5 Å². The molecule has 0 bridgehead atoms. The Morgan fingerprint density at radius 3 is 2.60 bits per heavy atom. The summed E-state index contributed by atoms with van der Waals surface area (Å²) >= 11 is 4.88. The molecule has 1 heterocycles. The van der Waals surface area contributed by atoms with E-state index in [2.05, 4.69) is 15.5 Å². The van der Waals surface area contributed by atoms with Crippen LogP contribution in [0.4, 0.5) is 5.69 Å². The van der Waals surface area contributed by atoms with Crippen LogP contribution in [0.1, 0.15) is 0 Å². The summed E-state index contributed by atoms with van der Waals surface area (Å²) in [6.07, 6.45) is 0. The molecule has 0 aliphatic rings. The van der Waals surface area contributed by atoms with Gasteiger partial charge in [0, 0.05) is 49.2 Å². The molecule has 1 aromatic heterocycles. The van der Waals surface area contributed by atoms with Crippen molar-refractivity contribution in [2.45, 2.75) is 5.16 Å². The second-order valence-corrected chi connectivity index (χ2v) is 2.79. The summed E-state index contributed by atoms with van der Waals surface area (Å²) < 4.78 is 1.41. The van der Waals surface area contributed by atoms with Gasteiger partial charge in [-0.15, -0.1) is 10.8 Å². The molecule has 0 amide bonds. The molecule has 0 unspecified atom stereocenters. The summed E-state index contributed by atoms with van der Waals surface area (Å²) in [5, 5.41) is 11.0. The molecule has 1 aromatic carbocycles. The smallest absolute Gasteiger partial charge is 0.738 e. The van der Waals surface area contributed by atoms with Crippen molar-refractivity contribution < 1.29 is 73.6 Å². The van der Waals surface area contributed by atoms with Crippen molar-refractivity contribution in [3.63, 3.8) is 0 Å². The first-order valence-electron chi connectivity index (χ1n) is 3.55. The Balaban J connectivity index is 0.000000980. The maximum atomic E-state index is 7.39. The van der Waals surface area contributed by atoms with Crippen molar-refractivity contribution in [3.8, 4) is 5.69 Å². The number of benzene rings is 1. The number of hydrogen-bond acceptors (Lipinski definition) is 4. The summed E-state index contributed by atoms with van der Waals surface area (Å²) in [6, 6.07) is 6.88. The van der Waals surface area contributed by atoms with Crippen LogP contribution in [0.5, 0.6) is 0 Å². The minimum Gasteiger partial charge on any atom is -0.738 e. The molecule has 1 N–H and O–H groups in total. The zero-order valence-electron chi connectivity index (χ0n) is 8.08. The molecule has 0 fully saturated rings. The third-order valence-electron chi connectivity index (χ3n) is 1.53. The van der Waals surface area contributed by atoms with Gasteiger partial charge in [-0.1, -0.05) is 18.2 Å². The van der Waals surface area contributed by atoms with Crippen LogP contribution in [0.2, 0.25) is 0 Å². The van der Waals surface area contributed by atoms with Crippen LogP contribution >= 0.6 is 0 Å². The monoisotopic (exact) mass is 441 g/mol. The fraction of sp³-hybridized carbons (Fsp3) is 0. The fourth-order valence-corrected chi connectivity index (χ4v) is 1.16. The Morgan fingerprint density at radius 1 is 1.33 bits per heavy atom. The molecule has 0 aliphatic carbocycles. The molecule has 0 saturated carbocycles. The van der Waals surface area contributed by atoms with Gasteiger partial charge in [0.1, 0.15) is 0 Å². The predicted molar refractivity (Wildman–Crippen MR) is 48.8 cm³/mol. The van der Waals surface area contributed by atoms with E-state index in [1.54, 1.807) is 24.3 Å². The van der Waals surface area contributed by atoms with Gasteiger partial charge in [0.15, 0.2) is 0 Å². The maximum absolute atomic E-state index is 7.39. The van der Waals surface area contributed by atoms with Gasteiger partial charge < -0.3 is 18.4 Å². The fourth-order valence-electron chi connectivity index (χ4n) is 0.979. The molecule has 5 nitrogen and oxygen atoms in total. The Bertz CT molecular complexity index is 435. The Labute approximate surface area is 150 Å². The Kier molecular flexibility index (Phi) is 7.51. The Hall–Kier alpha value is 0.752. The first-order chi connectivity index (χ1) is 6.27. The minimum absolute atomic E-state index is 0. The normalized spacial score (nSPS) is 8.80. The zero-order valence-corrected chi connectivity index (χ0v) is 15.6. The molecule has 0 spiro atoms. The SMILES string of the molecule is [Ac].[NH-]c1cccc(-n2nnnc2[S-])c1.[Na+]. The van der Waals surface area contributed by atoms with Gasteiger partial charge in [-0.2, -0.15) is 0 Å². The number of aromatic nitrogens is 4. The van der Waals surface area contributed by atoms with Crippen LogP contribution in [0, 0.1) is 44.1 Å². The van der Waals surface area contributed by atoms with E-state index in [0.29, 0.717) is 16.5 Å². The van der Waals surface area contributed by atoms with Crippen molar-refractivity contribution in [2.75, 3.05) is 0 Å². The topological polar surface area (TPSA) is 67.4 Å². The summed E-state index contributed by atoms with van der Waals surface area (Å²) in [5.74, 6) is 0. The summed E-state index contributed by atoms with van der Waals surface area (Å²) in [4.78, 5) is 0. The van der Waals surface area contributed by atoms with Gasteiger partial charge in [0.05, 0.1) is 5.69 Å². The van der Waals surface area contributed by atoms with E-state index in [4.69, 9.17) is 18.4 Å². The Morgan fingerprint density at radius 2 is 2.07 bits per heavy atom. The number of nitrogens with one attached hydrogen (secondary N) is 1. The van der Waals surface area contributed by atoms with E-state index in [-0.39, 0.29) is 73.6 Å². The van der Waals surface area contributed by atoms with Crippen molar-refractivity contribution in [2.24, 2.45) is 0 Å². The molecule has 1 radical (unpaired) electrons. The largest absolute Gasteiger partial charge is 1.00 e. The van der Waals surface area contributed by atoms with Gasteiger partial charge in [0.2, 0.25) is 0 Å². The molecular formula is C7H5AcN5NaS-. The van der Waals surface area contributed by atoms with Crippen LogP contribution in [0.25, 0.3) is 11.4 Å². The second kappa shape index (κ2) is 7.15. The van der Waals surface area contributed by atoms with Gasteiger partial charge in [0.25, 0.3) is 0 Å². The van der Waals surface area contributed by atoms with Gasteiger partial charge in [-0.25, -0.2) is 4.68 Å². The average Bonchev–Trinajstić information content (AvgIpc) is 2.51. The average molecular weight is 441 g/mol. The molecule has 2 rings (SSSR count). The minimum atomic E-state index is 0. The summed E-state index contributed by atoms with van der Waals surface area (Å²) in [6.45, 7) is 0. The van der Waals surface area contributed by atoms with E-state index in [1.165, 1.54) is 4.68 Å². The summed E-state index contributed by atoms with van der Waals surface area (Å²) in [7, 11) is 0. The molecule has 0 saturated heterocycles. The van der Waals surface area contributed by atoms with E-state index in [1.807, 2.05) is 0 Å². The molecule has 15 heavy (non-hydrogen) atoms. The van der Waals surface area contributed by atoms with Crippen LogP contribution in [0.15, 0.2) is 29.4 Å². The predicted octanol–water partition coefficient (Wildman–Crippen LogP) is -1.74. The molecular weight excluding hydrogens is 436 g/mol. The van der Waals surface area contributed by atoms with Crippen LogP contribution < -0.4 is 29.6 Å². The zero-order chi connectivity index (χ0) is 9.26. The van der Waals surface area contributed by atoms with Crippen molar-refractivity contribution in [1.29, 1.82) is 0 Å². The third-order valence-corrected chi connectivity index (χ3v) is 1.79. The molecule has 8 heteroatoms. The molecule has 69 valence electrons. The number of tetrazole rings is 1. The molecule has 2 aromatic rings.